The maximum Gasteiger partial charge on any atom is 0.286 e. The van der Waals surface area contributed by atoms with Gasteiger partial charge < -0.3 is 20.9 Å². The quantitative estimate of drug-likeness (QED) is 0.204. The Morgan fingerprint density at radius 2 is 1.20 bits per heavy atom. The fraction of sp³-hybridized carbons (Fsp3) is 0.250. The van der Waals surface area contributed by atoms with Crippen LogP contribution in [0.15, 0.2) is 0 Å². The third-order valence-electron chi connectivity index (χ3n) is 1.47. The van der Waals surface area contributed by atoms with Gasteiger partial charge in [-0.05, 0) is 24.4 Å². The van der Waals surface area contributed by atoms with E-state index in [4.69, 9.17) is 22.3 Å². The van der Waals surface area contributed by atoms with E-state index in [9.17, 15) is 9.59 Å². The second kappa shape index (κ2) is 8.71. The van der Waals surface area contributed by atoms with E-state index >= 15 is 0 Å². The summed E-state index contributed by atoms with van der Waals surface area (Å²) in [5, 5.41) is 17.0. The summed E-state index contributed by atoms with van der Waals surface area (Å²) < 4.78 is 8.84. The minimum Gasteiger partial charge on any atom is -0.399 e. The predicted molar refractivity (Wildman–Crippen MR) is 76.7 cm³/mol. The number of hydrogen-bond acceptors (Lipinski definition) is 8. The minimum atomic E-state index is -0.667. The summed E-state index contributed by atoms with van der Waals surface area (Å²) in [6, 6.07) is -1.33. The molecular weight excluding hydrogens is 308 g/mol. The molecule has 0 radical (unpaired) electrons. The smallest absolute Gasteiger partial charge is 0.286 e. The van der Waals surface area contributed by atoms with Crippen molar-refractivity contribution in [2.24, 2.45) is 11.5 Å². The third kappa shape index (κ3) is 9.67. The van der Waals surface area contributed by atoms with Crippen molar-refractivity contribution in [1.82, 2.24) is 10.6 Å². The van der Waals surface area contributed by atoms with Gasteiger partial charge in [-0.2, -0.15) is 0 Å². The van der Waals surface area contributed by atoms with Crippen LogP contribution in [-0.4, -0.2) is 34.2 Å². The van der Waals surface area contributed by atoms with Crippen LogP contribution in [0.2, 0.25) is 0 Å². The average molecular weight is 320 g/mol. The van der Waals surface area contributed by atoms with Crippen LogP contribution < -0.4 is 22.1 Å². The Hall–Kier alpha value is -2.34. The Labute approximate surface area is 124 Å². The molecule has 0 aromatic carbocycles. The highest BCUT2D eigenvalue weighted by Crippen LogP contribution is 1.91. The Balaban J connectivity index is 3.97. The first-order valence-electron chi connectivity index (χ1n) is 4.92. The number of thiocarbonyl (C=S) groups is 2. The van der Waals surface area contributed by atoms with Crippen LogP contribution in [0.3, 0.4) is 0 Å². The minimum absolute atomic E-state index is 0.212. The highest BCUT2D eigenvalue weighted by atomic mass is 32.1. The van der Waals surface area contributed by atoms with E-state index in [1.54, 1.807) is 0 Å². The van der Waals surface area contributed by atoms with Gasteiger partial charge in [0.05, 0.1) is 0 Å². The molecule has 8 N–H and O–H groups in total. The van der Waals surface area contributed by atoms with Crippen molar-refractivity contribution in [3.05, 3.63) is 0 Å². The predicted octanol–water partition coefficient (Wildman–Crippen LogP) is -1.61. The Bertz CT molecular complexity index is 424. The molecule has 0 aromatic rings. The zero-order valence-electron chi connectivity index (χ0n) is 10.0. The van der Waals surface area contributed by atoms with Crippen molar-refractivity contribution >= 4 is 58.6 Å². The maximum atomic E-state index is 11.3. The van der Waals surface area contributed by atoms with Crippen LogP contribution in [0.5, 0.6) is 0 Å². The van der Waals surface area contributed by atoms with E-state index in [0.717, 1.165) is 0 Å². The van der Waals surface area contributed by atoms with Gasteiger partial charge in [0.2, 0.25) is 11.8 Å². The molecule has 0 aromatic heterocycles. The molecule has 20 heavy (non-hydrogen) atoms. The van der Waals surface area contributed by atoms with Gasteiger partial charge in [0.15, 0.2) is 0 Å². The fourth-order valence-electron chi connectivity index (χ4n) is 0.830. The number of amides is 2. The van der Waals surface area contributed by atoms with E-state index in [1.807, 2.05) is 0 Å². The van der Waals surface area contributed by atoms with E-state index in [2.05, 4.69) is 44.5 Å². The topological polar surface area (TPSA) is 176 Å². The summed E-state index contributed by atoms with van der Waals surface area (Å²) in [5.41, 5.74) is 9.78. The lowest BCUT2D eigenvalue weighted by Gasteiger charge is -2.07. The number of carbonyl (C=O) groups is 2. The van der Waals surface area contributed by atoms with Crippen LogP contribution in [0.25, 0.3) is 0 Å². The number of nitrogens with one attached hydrogen (secondary N) is 4. The molecule has 10 nitrogen and oxygen atoms in total. The first-order chi connectivity index (χ1) is 9.20. The number of nitrogens with two attached hydrogens (primary N) is 2. The number of amidine groups is 2. The zero-order chi connectivity index (χ0) is 15.7. The summed E-state index contributed by atoms with van der Waals surface area (Å²) in [5.74, 6) is -1.21. The van der Waals surface area contributed by atoms with E-state index in [-0.39, 0.29) is 12.8 Å². The van der Waals surface area contributed by atoms with Gasteiger partial charge in [-0.1, -0.05) is 0 Å². The highest BCUT2D eigenvalue weighted by Gasteiger charge is 2.11. The Kier molecular flexibility index (Phi) is 7.69. The van der Waals surface area contributed by atoms with Crippen LogP contribution in [0.1, 0.15) is 12.8 Å². The van der Waals surface area contributed by atoms with Crippen LogP contribution in [0.4, 0.5) is 0 Å². The maximum absolute atomic E-state index is 11.3. The van der Waals surface area contributed by atoms with Crippen LogP contribution in [-0.2, 0) is 19.1 Å². The summed E-state index contributed by atoms with van der Waals surface area (Å²) in [4.78, 5) is 22.6. The molecule has 0 saturated carbocycles. The van der Waals surface area contributed by atoms with Gasteiger partial charge in [-0.3, -0.25) is 31.0 Å². The molecule has 0 spiro atoms. The molecular formula is C8H12N6O4S2. The number of ether oxygens (including phenoxy) is 2. The standard InChI is InChI=1S/C8H12N6O4S2/c9-5(10)17-7(19)13-3(15)1-2-4(16)14-8(20)18-6(11)12/h1-2H2,(H3,9,10)(H3,11,12)(H,13,15,19)(H,14,16,20). The number of hydrogen-bond donors (Lipinski definition) is 6. The van der Waals surface area contributed by atoms with Crippen LogP contribution in [0, 0.1) is 10.8 Å². The molecule has 0 aliphatic rings. The monoisotopic (exact) mass is 320 g/mol. The lowest BCUT2D eigenvalue weighted by Crippen LogP contribution is -2.36. The van der Waals surface area contributed by atoms with Crippen molar-refractivity contribution in [3.8, 4) is 0 Å². The number of rotatable bonds is 3. The second-order valence-corrected chi connectivity index (χ2v) is 3.85. The van der Waals surface area contributed by atoms with E-state index in [0.29, 0.717) is 0 Å². The third-order valence-corrected chi connectivity index (χ3v) is 1.84. The van der Waals surface area contributed by atoms with Crippen molar-refractivity contribution in [2.75, 3.05) is 0 Å². The largest absolute Gasteiger partial charge is 0.399 e. The first kappa shape index (κ1) is 17.7. The van der Waals surface area contributed by atoms with E-state index < -0.39 is 34.2 Å². The van der Waals surface area contributed by atoms with Gasteiger partial charge in [0, 0.05) is 12.8 Å². The lowest BCUT2D eigenvalue weighted by atomic mass is 10.3. The SMILES string of the molecule is N=C(N)OC(=S)NC(=O)CCC(=O)NC(=S)OC(=N)N. The zero-order valence-corrected chi connectivity index (χ0v) is 11.7. The molecule has 0 aliphatic carbocycles. The summed E-state index contributed by atoms with van der Waals surface area (Å²) in [7, 11) is 0. The molecule has 0 fully saturated rings. The average Bonchev–Trinajstić information content (AvgIpc) is 2.23. The first-order valence-corrected chi connectivity index (χ1v) is 5.73. The van der Waals surface area contributed by atoms with Gasteiger partial charge in [0.25, 0.3) is 22.4 Å². The molecule has 2 amide bonds. The molecule has 0 atom stereocenters. The number of carbonyl (C=O) groups excluding carboxylic acids is 2. The Morgan fingerprint density at radius 1 is 0.900 bits per heavy atom. The molecule has 0 saturated heterocycles. The van der Waals surface area contributed by atoms with Gasteiger partial charge in [-0.15, -0.1) is 0 Å². The molecule has 12 heteroatoms. The van der Waals surface area contributed by atoms with Gasteiger partial charge >= 0.3 is 0 Å². The highest BCUT2D eigenvalue weighted by molar-refractivity contribution is 7.80. The fourth-order valence-corrected chi connectivity index (χ4v) is 1.24. The second-order valence-electron chi connectivity index (χ2n) is 3.10. The summed E-state index contributed by atoms with van der Waals surface area (Å²) >= 11 is 9.10. The molecule has 0 heterocycles. The van der Waals surface area contributed by atoms with Gasteiger partial charge in [-0.25, -0.2) is 0 Å². The van der Waals surface area contributed by atoms with Crippen LogP contribution >= 0.6 is 24.4 Å². The van der Waals surface area contributed by atoms with Crippen molar-refractivity contribution in [2.45, 2.75) is 12.8 Å². The molecule has 0 unspecified atom stereocenters. The van der Waals surface area contributed by atoms with Crippen molar-refractivity contribution < 1.29 is 19.1 Å². The van der Waals surface area contributed by atoms with E-state index in [1.165, 1.54) is 0 Å². The molecule has 0 rings (SSSR count). The molecule has 0 aliphatic heterocycles. The lowest BCUT2D eigenvalue weighted by molar-refractivity contribution is -0.125. The Morgan fingerprint density at radius 3 is 1.45 bits per heavy atom. The van der Waals surface area contributed by atoms with Gasteiger partial charge in [0.1, 0.15) is 0 Å². The normalized spacial score (nSPS) is 9.00. The van der Waals surface area contributed by atoms with Crippen molar-refractivity contribution in [3.63, 3.8) is 0 Å². The molecule has 110 valence electrons. The summed E-state index contributed by atoms with van der Waals surface area (Å²) in [6.45, 7) is 0. The molecule has 0 bridgehead atoms. The summed E-state index contributed by atoms with van der Waals surface area (Å²) in [6.07, 6.45) is -0.425. The van der Waals surface area contributed by atoms with Crippen molar-refractivity contribution in [1.29, 1.82) is 10.8 Å².